The lowest BCUT2D eigenvalue weighted by Gasteiger charge is -2.41. The van der Waals surface area contributed by atoms with Gasteiger partial charge in [0.05, 0.1) is 5.56 Å². The second-order valence-corrected chi connectivity index (χ2v) is 9.54. The van der Waals surface area contributed by atoms with Crippen LogP contribution in [0.1, 0.15) is 86.2 Å². The lowest BCUT2D eigenvalue weighted by atomic mass is 9.78. The minimum Gasteiger partial charge on any atom is -0.487 e. The molecular formula is C27H34O3. The average Bonchev–Trinajstić information content (AvgIpc) is 2.72. The van der Waals surface area contributed by atoms with Gasteiger partial charge in [-0.1, -0.05) is 50.8 Å². The van der Waals surface area contributed by atoms with Crippen LogP contribution in [0, 0.1) is 12.8 Å². The van der Waals surface area contributed by atoms with Gasteiger partial charge in [0.2, 0.25) is 0 Å². The molecule has 1 heterocycles. The van der Waals surface area contributed by atoms with Gasteiger partial charge in [0.1, 0.15) is 11.4 Å². The van der Waals surface area contributed by atoms with Gasteiger partial charge in [0.25, 0.3) is 0 Å². The molecule has 30 heavy (non-hydrogen) atoms. The number of carboxylic acid groups (broad SMARTS) is 1. The Bertz CT molecular complexity index is 904. The highest BCUT2D eigenvalue weighted by Crippen LogP contribution is 2.42. The summed E-state index contributed by atoms with van der Waals surface area (Å²) in [5.74, 6) is 1.23. The summed E-state index contributed by atoms with van der Waals surface area (Å²) in [5, 5.41) is 9.19. The first-order chi connectivity index (χ1) is 14.5. The Morgan fingerprint density at radius 3 is 2.23 bits per heavy atom. The Balaban J connectivity index is 0.000000383. The molecule has 0 bridgehead atoms. The zero-order valence-electron chi connectivity index (χ0n) is 18.4. The zero-order valence-corrected chi connectivity index (χ0v) is 18.4. The summed E-state index contributed by atoms with van der Waals surface area (Å²) >= 11 is 0. The third-order valence-corrected chi connectivity index (χ3v) is 7.19. The van der Waals surface area contributed by atoms with Crippen LogP contribution in [0.15, 0.2) is 36.4 Å². The van der Waals surface area contributed by atoms with Crippen LogP contribution in [0.2, 0.25) is 0 Å². The van der Waals surface area contributed by atoms with E-state index in [1.54, 1.807) is 6.07 Å². The van der Waals surface area contributed by atoms with Crippen molar-refractivity contribution in [2.75, 3.05) is 0 Å². The normalized spacial score (nSPS) is 19.7. The molecule has 5 rings (SSSR count). The Hall–Kier alpha value is -2.29. The third kappa shape index (κ3) is 4.55. The topological polar surface area (TPSA) is 46.5 Å². The molecule has 1 N–H and O–H groups in total. The standard InChI is InChI=1S/C22H24O3.C5H10/c1-15-13-16(5-7-19(15)21(23)24)17-6-8-20-18(14-17)9-12-22(25-20)10-3-2-4-11-22;1-5-3-2-4-5/h5-8,13-14H,2-4,9-12H2,1H3,(H,23,24);5H,2-4H2,1H3. The number of carboxylic acids is 1. The van der Waals surface area contributed by atoms with E-state index >= 15 is 0 Å². The van der Waals surface area contributed by atoms with Crippen LogP contribution in [0.3, 0.4) is 0 Å². The highest BCUT2D eigenvalue weighted by molar-refractivity contribution is 5.90. The fourth-order valence-electron chi connectivity index (χ4n) is 4.94. The Kier molecular flexibility index (Phi) is 6.17. The predicted octanol–water partition coefficient (Wildman–Crippen LogP) is 7.19. The number of aryl methyl sites for hydroxylation is 2. The van der Waals surface area contributed by atoms with E-state index in [1.807, 2.05) is 19.1 Å². The van der Waals surface area contributed by atoms with Crippen molar-refractivity contribution < 1.29 is 14.6 Å². The van der Waals surface area contributed by atoms with Crippen molar-refractivity contribution in [3.05, 3.63) is 53.1 Å². The number of benzene rings is 2. The van der Waals surface area contributed by atoms with Crippen LogP contribution in [0.25, 0.3) is 11.1 Å². The third-order valence-electron chi connectivity index (χ3n) is 7.19. The van der Waals surface area contributed by atoms with Crippen molar-refractivity contribution in [2.45, 2.75) is 83.7 Å². The van der Waals surface area contributed by atoms with E-state index in [9.17, 15) is 9.90 Å². The van der Waals surface area contributed by atoms with Gasteiger partial charge < -0.3 is 9.84 Å². The van der Waals surface area contributed by atoms with E-state index in [4.69, 9.17) is 4.74 Å². The van der Waals surface area contributed by atoms with Gasteiger partial charge in [0.15, 0.2) is 0 Å². The smallest absolute Gasteiger partial charge is 0.335 e. The van der Waals surface area contributed by atoms with Crippen LogP contribution >= 0.6 is 0 Å². The van der Waals surface area contributed by atoms with Crippen molar-refractivity contribution in [3.63, 3.8) is 0 Å². The molecule has 0 saturated heterocycles. The summed E-state index contributed by atoms with van der Waals surface area (Å²) in [4.78, 5) is 11.2. The van der Waals surface area contributed by atoms with Gasteiger partial charge in [-0.05, 0) is 91.8 Å². The fraction of sp³-hybridized carbons (Fsp3) is 0.519. The molecule has 3 nitrogen and oxygen atoms in total. The van der Waals surface area contributed by atoms with Gasteiger partial charge in [-0.3, -0.25) is 0 Å². The first-order valence-corrected chi connectivity index (χ1v) is 11.6. The van der Waals surface area contributed by atoms with Crippen LogP contribution in [-0.2, 0) is 6.42 Å². The summed E-state index contributed by atoms with van der Waals surface area (Å²) in [5.41, 5.74) is 4.69. The summed E-state index contributed by atoms with van der Waals surface area (Å²) in [7, 11) is 0. The molecule has 2 saturated carbocycles. The van der Waals surface area contributed by atoms with Crippen molar-refractivity contribution >= 4 is 5.97 Å². The quantitative estimate of drug-likeness (QED) is 0.574. The first kappa shape index (κ1) is 21.0. The van der Waals surface area contributed by atoms with E-state index in [2.05, 4.69) is 25.1 Å². The Labute approximate surface area is 180 Å². The van der Waals surface area contributed by atoms with E-state index in [1.165, 1.54) is 56.9 Å². The highest BCUT2D eigenvalue weighted by Gasteiger charge is 2.37. The minimum atomic E-state index is -0.874. The minimum absolute atomic E-state index is 0.0759. The first-order valence-electron chi connectivity index (χ1n) is 11.6. The van der Waals surface area contributed by atoms with Crippen molar-refractivity contribution in [2.24, 2.45) is 5.92 Å². The molecule has 0 amide bonds. The van der Waals surface area contributed by atoms with Gasteiger partial charge in [-0.25, -0.2) is 4.79 Å². The molecule has 0 atom stereocenters. The fourth-order valence-corrected chi connectivity index (χ4v) is 4.94. The number of aromatic carboxylic acids is 1. The van der Waals surface area contributed by atoms with Crippen LogP contribution < -0.4 is 4.74 Å². The van der Waals surface area contributed by atoms with E-state index in [0.717, 1.165) is 41.2 Å². The van der Waals surface area contributed by atoms with Crippen LogP contribution in [0.5, 0.6) is 5.75 Å². The molecular weight excluding hydrogens is 372 g/mol. The lowest BCUT2D eigenvalue weighted by molar-refractivity contribution is 0.0108. The molecule has 1 aliphatic heterocycles. The summed E-state index contributed by atoms with van der Waals surface area (Å²) in [6, 6.07) is 11.9. The maximum atomic E-state index is 11.2. The Morgan fingerprint density at radius 1 is 0.967 bits per heavy atom. The molecule has 1 spiro atoms. The zero-order chi connectivity index (χ0) is 21.1. The molecule has 0 radical (unpaired) electrons. The maximum Gasteiger partial charge on any atom is 0.335 e. The van der Waals surface area contributed by atoms with Crippen LogP contribution in [-0.4, -0.2) is 16.7 Å². The number of fused-ring (bicyclic) bond motifs is 1. The number of ether oxygens (including phenoxy) is 1. The molecule has 3 heteroatoms. The SMILES string of the molecule is CC1CCC1.Cc1cc(-c2ccc3c(c2)CCC2(CCCCC2)O3)ccc1C(=O)O. The lowest BCUT2D eigenvalue weighted by Crippen LogP contribution is -2.41. The van der Waals surface area contributed by atoms with Crippen molar-refractivity contribution in [1.82, 2.24) is 0 Å². The molecule has 0 aromatic heterocycles. The van der Waals surface area contributed by atoms with E-state index < -0.39 is 5.97 Å². The molecule has 160 valence electrons. The van der Waals surface area contributed by atoms with Gasteiger partial charge >= 0.3 is 5.97 Å². The Morgan fingerprint density at radius 2 is 1.63 bits per heavy atom. The number of hydrogen-bond donors (Lipinski definition) is 1. The largest absolute Gasteiger partial charge is 0.487 e. The molecule has 3 aliphatic rings. The van der Waals surface area contributed by atoms with E-state index in [0.29, 0.717) is 5.56 Å². The molecule has 0 unspecified atom stereocenters. The van der Waals surface area contributed by atoms with Crippen molar-refractivity contribution in [1.29, 1.82) is 0 Å². The number of hydrogen-bond acceptors (Lipinski definition) is 2. The average molecular weight is 407 g/mol. The predicted molar refractivity (Wildman–Crippen MR) is 121 cm³/mol. The van der Waals surface area contributed by atoms with Gasteiger partial charge in [-0.2, -0.15) is 0 Å². The molecule has 2 aliphatic carbocycles. The molecule has 2 aromatic rings. The highest BCUT2D eigenvalue weighted by atomic mass is 16.5. The summed E-state index contributed by atoms with van der Waals surface area (Å²) in [6.07, 6.45) is 12.9. The second-order valence-electron chi connectivity index (χ2n) is 9.54. The van der Waals surface area contributed by atoms with Gasteiger partial charge in [0, 0.05) is 0 Å². The summed E-state index contributed by atoms with van der Waals surface area (Å²) in [6.45, 7) is 4.16. The second kappa shape index (κ2) is 8.83. The number of rotatable bonds is 2. The maximum absolute atomic E-state index is 11.2. The summed E-state index contributed by atoms with van der Waals surface area (Å²) < 4.78 is 6.45. The molecule has 2 fully saturated rings. The van der Waals surface area contributed by atoms with Crippen LogP contribution in [0.4, 0.5) is 0 Å². The van der Waals surface area contributed by atoms with E-state index in [-0.39, 0.29) is 5.60 Å². The van der Waals surface area contributed by atoms with Crippen molar-refractivity contribution in [3.8, 4) is 16.9 Å². The monoisotopic (exact) mass is 406 g/mol. The van der Waals surface area contributed by atoms with Gasteiger partial charge in [-0.15, -0.1) is 0 Å². The number of carbonyl (C=O) groups is 1. The molecule has 2 aromatic carbocycles.